The molecule has 0 saturated carbocycles. The largest absolute Gasteiger partial charge is 0.396 e. The van der Waals surface area contributed by atoms with Crippen molar-refractivity contribution in [3.8, 4) is 0 Å². The SMILES string of the molecule is CCN(CCO)c1ccc(N2CC(CO)CC2=O)cc1. The zero-order chi connectivity index (χ0) is 14.5. The van der Waals surface area contributed by atoms with Crippen LogP contribution in [0.25, 0.3) is 0 Å². The molecule has 0 spiro atoms. The molecule has 1 atom stereocenters. The van der Waals surface area contributed by atoms with Gasteiger partial charge in [-0.3, -0.25) is 4.79 Å². The van der Waals surface area contributed by atoms with E-state index in [0.29, 0.717) is 19.5 Å². The average molecular weight is 278 g/mol. The summed E-state index contributed by atoms with van der Waals surface area (Å²) >= 11 is 0. The number of carbonyl (C=O) groups is 1. The Hall–Kier alpha value is -1.59. The highest BCUT2D eigenvalue weighted by Gasteiger charge is 2.29. The number of nitrogens with zero attached hydrogens (tertiary/aromatic N) is 2. The highest BCUT2D eigenvalue weighted by atomic mass is 16.3. The zero-order valence-electron chi connectivity index (χ0n) is 11.8. The molecule has 2 N–H and O–H groups in total. The van der Waals surface area contributed by atoms with Gasteiger partial charge in [-0.25, -0.2) is 0 Å². The molecule has 0 aromatic heterocycles. The molecule has 1 unspecified atom stereocenters. The number of rotatable bonds is 6. The Balaban J connectivity index is 2.10. The Bertz CT molecular complexity index is 447. The van der Waals surface area contributed by atoms with E-state index in [0.717, 1.165) is 17.9 Å². The lowest BCUT2D eigenvalue weighted by Gasteiger charge is -2.23. The molecule has 1 saturated heterocycles. The van der Waals surface area contributed by atoms with Gasteiger partial charge in [-0.05, 0) is 31.2 Å². The minimum atomic E-state index is 0.0451. The first-order valence-corrected chi connectivity index (χ1v) is 7.06. The minimum Gasteiger partial charge on any atom is -0.396 e. The van der Waals surface area contributed by atoms with Crippen LogP contribution in [0.15, 0.2) is 24.3 Å². The van der Waals surface area contributed by atoms with Gasteiger partial charge in [0, 0.05) is 50.0 Å². The third kappa shape index (κ3) is 3.11. The van der Waals surface area contributed by atoms with Gasteiger partial charge in [-0.15, -0.1) is 0 Å². The maximum Gasteiger partial charge on any atom is 0.227 e. The fourth-order valence-electron chi connectivity index (χ4n) is 2.59. The lowest BCUT2D eigenvalue weighted by molar-refractivity contribution is -0.117. The quantitative estimate of drug-likeness (QED) is 0.810. The molecule has 1 amide bonds. The first-order valence-electron chi connectivity index (χ1n) is 7.06. The second-order valence-corrected chi connectivity index (χ2v) is 5.08. The van der Waals surface area contributed by atoms with E-state index in [-0.39, 0.29) is 25.0 Å². The molecule has 5 heteroatoms. The van der Waals surface area contributed by atoms with E-state index in [1.165, 1.54) is 0 Å². The molecule has 20 heavy (non-hydrogen) atoms. The molecule has 0 aliphatic carbocycles. The Labute approximate surface area is 119 Å². The maximum atomic E-state index is 11.9. The molecule has 2 rings (SSSR count). The van der Waals surface area contributed by atoms with Gasteiger partial charge in [0.05, 0.1) is 6.61 Å². The van der Waals surface area contributed by atoms with Crippen molar-refractivity contribution in [2.75, 3.05) is 42.6 Å². The molecule has 1 heterocycles. The number of anilines is 2. The topological polar surface area (TPSA) is 64.0 Å². The standard InChI is InChI=1S/C15H22N2O3/c1-2-16(7-8-18)13-3-5-14(6-4-13)17-10-12(11-19)9-15(17)20/h3-6,12,18-19H,2,7-11H2,1H3. The van der Waals surface area contributed by atoms with E-state index in [1.54, 1.807) is 4.90 Å². The second kappa shape index (κ2) is 6.72. The van der Waals surface area contributed by atoms with E-state index in [1.807, 2.05) is 31.2 Å². The summed E-state index contributed by atoms with van der Waals surface area (Å²) in [5, 5.41) is 18.2. The van der Waals surface area contributed by atoms with Crippen molar-refractivity contribution in [3.63, 3.8) is 0 Å². The van der Waals surface area contributed by atoms with Crippen LogP contribution in [0.4, 0.5) is 11.4 Å². The van der Waals surface area contributed by atoms with Crippen molar-refractivity contribution in [3.05, 3.63) is 24.3 Å². The fourth-order valence-corrected chi connectivity index (χ4v) is 2.59. The Morgan fingerprint density at radius 3 is 2.50 bits per heavy atom. The van der Waals surface area contributed by atoms with Crippen LogP contribution in [0.1, 0.15) is 13.3 Å². The predicted octanol–water partition coefficient (Wildman–Crippen LogP) is 0.850. The van der Waals surface area contributed by atoms with Crippen molar-refractivity contribution in [1.82, 2.24) is 0 Å². The van der Waals surface area contributed by atoms with Crippen LogP contribution in [-0.4, -0.2) is 49.0 Å². The third-order valence-electron chi connectivity index (χ3n) is 3.74. The van der Waals surface area contributed by atoms with Crippen molar-refractivity contribution in [1.29, 1.82) is 0 Å². The number of benzene rings is 1. The summed E-state index contributed by atoms with van der Waals surface area (Å²) in [6.07, 6.45) is 0.420. The molecule has 1 aliphatic rings. The number of aliphatic hydroxyl groups excluding tert-OH is 2. The van der Waals surface area contributed by atoms with Crippen molar-refractivity contribution in [2.45, 2.75) is 13.3 Å². The Morgan fingerprint density at radius 1 is 1.30 bits per heavy atom. The van der Waals surface area contributed by atoms with Gasteiger partial charge < -0.3 is 20.0 Å². The van der Waals surface area contributed by atoms with Crippen LogP contribution < -0.4 is 9.80 Å². The van der Waals surface area contributed by atoms with E-state index in [2.05, 4.69) is 4.90 Å². The monoisotopic (exact) mass is 278 g/mol. The van der Waals surface area contributed by atoms with Crippen LogP contribution in [-0.2, 0) is 4.79 Å². The van der Waals surface area contributed by atoms with Crippen LogP contribution in [0.2, 0.25) is 0 Å². The van der Waals surface area contributed by atoms with Gasteiger partial charge in [0.15, 0.2) is 0 Å². The summed E-state index contributed by atoms with van der Waals surface area (Å²) in [6, 6.07) is 7.78. The van der Waals surface area contributed by atoms with Crippen molar-refractivity contribution in [2.24, 2.45) is 5.92 Å². The predicted molar refractivity (Wildman–Crippen MR) is 79.0 cm³/mol. The first kappa shape index (κ1) is 14.8. The summed E-state index contributed by atoms with van der Waals surface area (Å²) in [7, 11) is 0. The molecule has 5 nitrogen and oxygen atoms in total. The highest BCUT2D eigenvalue weighted by Crippen LogP contribution is 2.26. The second-order valence-electron chi connectivity index (χ2n) is 5.08. The van der Waals surface area contributed by atoms with Gasteiger partial charge in [-0.2, -0.15) is 0 Å². The summed E-state index contributed by atoms with van der Waals surface area (Å²) < 4.78 is 0. The lowest BCUT2D eigenvalue weighted by Crippen LogP contribution is -2.27. The third-order valence-corrected chi connectivity index (χ3v) is 3.74. The average Bonchev–Trinajstić information content (AvgIpc) is 2.86. The van der Waals surface area contributed by atoms with E-state index in [9.17, 15) is 4.79 Å². The molecule has 1 fully saturated rings. The van der Waals surface area contributed by atoms with Gasteiger partial charge in [-0.1, -0.05) is 0 Å². The lowest BCUT2D eigenvalue weighted by atomic mass is 10.1. The van der Waals surface area contributed by atoms with Crippen molar-refractivity contribution >= 4 is 17.3 Å². The minimum absolute atomic E-state index is 0.0451. The van der Waals surface area contributed by atoms with Crippen LogP contribution in [0, 0.1) is 5.92 Å². The van der Waals surface area contributed by atoms with Crippen LogP contribution in [0.3, 0.4) is 0 Å². The molecular formula is C15H22N2O3. The van der Waals surface area contributed by atoms with E-state index in [4.69, 9.17) is 10.2 Å². The van der Waals surface area contributed by atoms with Crippen molar-refractivity contribution < 1.29 is 15.0 Å². The van der Waals surface area contributed by atoms with Gasteiger partial charge in [0.1, 0.15) is 0 Å². The number of hydrogen-bond acceptors (Lipinski definition) is 4. The highest BCUT2D eigenvalue weighted by molar-refractivity contribution is 5.95. The zero-order valence-corrected chi connectivity index (χ0v) is 11.8. The van der Waals surface area contributed by atoms with Crippen LogP contribution >= 0.6 is 0 Å². The summed E-state index contributed by atoms with van der Waals surface area (Å²) in [5.41, 5.74) is 1.91. The summed E-state index contributed by atoms with van der Waals surface area (Å²) in [6.45, 7) is 4.24. The van der Waals surface area contributed by atoms with Gasteiger partial charge in [0.25, 0.3) is 0 Å². The molecule has 0 bridgehead atoms. The van der Waals surface area contributed by atoms with E-state index < -0.39 is 0 Å². The number of carbonyl (C=O) groups excluding carboxylic acids is 1. The molecule has 1 aromatic carbocycles. The first-order chi connectivity index (χ1) is 9.69. The molecule has 110 valence electrons. The van der Waals surface area contributed by atoms with E-state index >= 15 is 0 Å². The van der Waals surface area contributed by atoms with Gasteiger partial charge in [0.2, 0.25) is 5.91 Å². The Morgan fingerprint density at radius 2 is 2.00 bits per heavy atom. The van der Waals surface area contributed by atoms with Crippen LogP contribution in [0.5, 0.6) is 0 Å². The number of hydrogen-bond donors (Lipinski definition) is 2. The Kier molecular flexibility index (Phi) is 4.98. The molecular weight excluding hydrogens is 256 g/mol. The number of aliphatic hydroxyl groups is 2. The maximum absolute atomic E-state index is 11.9. The fraction of sp³-hybridized carbons (Fsp3) is 0.533. The summed E-state index contributed by atoms with van der Waals surface area (Å²) in [4.78, 5) is 15.7. The number of likely N-dealkylation sites (N-methyl/N-ethyl adjacent to an activating group) is 1. The molecule has 1 aromatic rings. The summed E-state index contributed by atoms with van der Waals surface area (Å²) in [5.74, 6) is 0.114. The normalized spacial score (nSPS) is 18.6. The van der Waals surface area contributed by atoms with Gasteiger partial charge >= 0.3 is 0 Å². The molecule has 0 radical (unpaired) electrons. The smallest absolute Gasteiger partial charge is 0.227 e. The number of amides is 1. The molecule has 1 aliphatic heterocycles.